The van der Waals surface area contributed by atoms with Gasteiger partial charge in [0.05, 0.1) is 6.04 Å². The molecule has 1 aliphatic heterocycles. The fraction of sp³-hybridized carbons (Fsp3) is 0.111. The van der Waals surface area contributed by atoms with Crippen LogP contribution in [0.25, 0.3) is 16.7 Å². The van der Waals surface area contributed by atoms with Gasteiger partial charge in [-0.2, -0.15) is 0 Å². The van der Waals surface area contributed by atoms with Crippen LogP contribution in [0.2, 0.25) is 0 Å². The second-order valence-electron chi connectivity index (χ2n) is 13.4. The second-order valence-corrected chi connectivity index (χ2v) is 13.4. The van der Waals surface area contributed by atoms with Crippen molar-refractivity contribution in [2.45, 2.75) is 31.2 Å². The topological polar surface area (TPSA) is 6.48 Å². The lowest BCUT2D eigenvalue weighted by Gasteiger charge is -2.33. The number of allylic oxidation sites excluding steroid dienone is 2. The Morgan fingerprint density at radius 1 is 0.553 bits per heavy atom. The van der Waals surface area contributed by atoms with Crippen molar-refractivity contribution >= 4 is 34.0 Å². The van der Waals surface area contributed by atoms with E-state index in [1.165, 1.54) is 56.0 Å². The van der Waals surface area contributed by atoms with Crippen molar-refractivity contribution in [3.05, 3.63) is 192 Å². The van der Waals surface area contributed by atoms with Crippen molar-refractivity contribution < 1.29 is 0 Å². The molecule has 0 N–H and O–H groups in total. The molecule has 0 aromatic heterocycles. The summed E-state index contributed by atoms with van der Waals surface area (Å²) in [5.74, 6) is 0.275. The van der Waals surface area contributed by atoms with E-state index in [2.05, 4.69) is 194 Å². The standard InChI is InChI=1S/C45H36N2/c1-45(2)41-28-36(46(33-18-8-4-9-19-33)34-20-10-5-11-21-34)25-26-37(41)39-29-40-38-23-12-13-24-43(38)47(44(40)30-42(39)45)35-22-14-17-32(27-35)31-15-6-3-7-16-31/h3-30,40,44H,1-2H3. The quantitative estimate of drug-likeness (QED) is 0.193. The van der Waals surface area contributed by atoms with Crippen LogP contribution in [0.5, 0.6) is 0 Å². The van der Waals surface area contributed by atoms with Gasteiger partial charge in [0.15, 0.2) is 0 Å². The summed E-state index contributed by atoms with van der Waals surface area (Å²) >= 11 is 0. The maximum atomic E-state index is 2.58. The van der Waals surface area contributed by atoms with Crippen molar-refractivity contribution in [1.29, 1.82) is 0 Å². The van der Waals surface area contributed by atoms with Crippen LogP contribution >= 0.6 is 0 Å². The van der Waals surface area contributed by atoms with Crippen LogP contribution in [0.4, 0.5) is 28.4 Å². The highest BCUT2D eigenvalue weighted by atomic mass is 15.2. The van der Waals surface area contributed by atoms with Crippen LogP contribution in [0.15, 0.2) is 175 Å². The Morgan fingerprint density at radius 2 is 1.19 bits per heavy atom. The van der Waals surface area contributed by atoms with Gasteiger partial charge >= 0.3 is 0 Å². The lowest BCUT2D eigenvalue weighted by Crippen LogP contribution is -2.31. The summed E-state index contributed by atoms with van der Waals surface area (Å²) < 4.78 is 0. The summed E-state index contributed by atoms with van der Waals surface area (Å²) in [7, 11) is 0. The van der Waals surface area contributed by atoms with Crippen LogP contribution in [0.3, 0.4) is 0 Å². The van der Waals surface area contributed by atoms with Gasteiger partial charge in [0.25, 0.3) is 0 Å². The first-order valence-electron chi connectivity index (χ1n) is 16.6. The Balaban J connectivity index is 1.16. The molecule has 3 aliphatic rings. The highest BCUT2D eigenvalue weighted by Crippen LogP contribution is 2.58. The fourth-order valence-corrected chi connectivity index (χ4v) is 8.12. The average molecular weight is 605 g/mol. The number of hydrogen-bond acceptors (Lipinski definition) is 2. The summed E-state index contributed by atoms with van der Waals surface area (Å²) in [5, 5.41) is 0. The maximum Gasteiger partial charge on any atom is 0.0632 e. The molecular weight excluding hydrogens is 569 g/mol. The number of para-hydroxylation sites is 3. The summed E-state index contributed by atoms with van der Waals surface area (Å²) in [6.07, 6.45) is 5.15. The summed E-state index contributed by atoms with van der Waals surface area (Å²) in [5.41, 5.74) is 15.3. The molecule has 2 atom stereocenters. The van der Waals surface area contributed by atoms with Gasteiger partial charge in [-0.25, -0.2) is 0 Å². The molecule has 2 unspecified atom stereocenters. The largest absolute Gasteiger partial charge is 0.333 e. The van der Waals surface area contributed by atoms with E-state index in [1.807, 2.05) is 0 Å². The minimum atomic E-state index is -0.145. The third kappa shape index (κ3) is 4.40. The average Bonchev–Trinajstić information content (AvgIpc) is 3.57. The molecule has 0 fully saturated rings. The Morgan fingerprint density at radius 3 is 1.91 bits per heavy atom. The van der Waals surface area contributed by atoms with Gasteiger partial charge in [0.2, 0.25) is 0 Å². The van der Waals surface area contributed by atoms with Gasteiger partial charge in [0, 0.05) is 39.8 Å². The minimum Gasteiger partial charge on any atom is -0.333 e. The van der Waals surface area contributed by atoms with E-state index in [1.54, 1.807) is 0 Å². The zero-order chi connectivity index (χ0) is 31.5. The zero-order valence-electron chi connectivity index (χ0n) is 26.7. The molecule has 0 saturated carbocycles. The molecular formula is C45H36N2. The Bertz CT molecular complexity index is 2140. The zero-order valence-corrected chi connectivity index (χ0v) is 26.7. The van der Waals surface area contributed by atoms with E-state index < -0.39 is 0 Å². The first kappa shape index (κ1) is 27.7. The van der Waals surface area contributed by atoms with Gasteiger partial charge in [-0.3, -0.25) is 0 Å². The van der Waals surface area contributed by atoms with Crippen LogP contribution in [-0.4, -0.2) is 6.04 Å². The molecule has 2 aliphatic carbocycles. The van der Waals surface area contributed by atoms with Gasteiger partial charge < -0.3 is 9.80 Å². The number of rotatable bonds is 5. The van der Waals surface area contributed by atoms with E-state index in [9.17, 15) is 0 Å². The molecule has 1 heterocycles. The first-order valence-corrected chi connectivity index (χ1v) is 16.6. The van der Waals surface area contributed by atoms with Crippen LogP contribution < -0.4 is 9.80 Å². The molecule has 0 spiro atoms. The number of nitrogens with zero attached hydrogens (tertiary/aromatic N) is 2. The second kappa shape index (κ2) is 10.7. The molecule has 0 amide bonds. The monoisotopic (exact) mass is 604 g/mol. The van der Waals surface area contributed by atoms with Crippen molar-refractivity contribution in [3.63, 3.8) is 0 Å². The molecule has 47 heavy (non-hydrogen) atoms. The molecule has 9 rings (SSSR count). The highest BCUT2D eigenvalue weighted by molar-refractivity contribution is 5.94. The van der Waals surface area contributed by atoms with Crippen LogP contribution in [-0.2, 0) is 5.41 Å². The molecule has 226 valence electrons. The Labute approximate surface area is 277 Å². The van der Waals surface area contributed by atoms with Crippen molar-refractivity contribution in [1.82, 2.24) is 0 Å². The highest BCUT2D eigenvalue weighted by Gasteiger charge is 2.46. The first-order chi connectivity index (χ1) is 23.1. The van der Waals surface area contributed by atoms with E-state index in [-0.39, 0.29) is 17.4 Å². The maximum absolute atomic E-state index is 2.58. The van der Waals surface area contributed by atoms with E-state index in [0.29, 0.717) is 0 Å². The third-order valence-corrected chi connectivity index (χ3v) is 10.4. The predicted octanol–water partition coefficient (Wildman–Crippen LogP) is 11.7. The van der Waals surface area contributed by atoms with Gasteiger partial charge in [0.1, 0.15) is 0 Å². The van der Waals surface area contributed by atoms with Crippen LogP contribution in [0, 0.1) is 0 Å². The summed E-state index contributed by atoms with van der Waals surface area (Å²) in [4.78, 5) is 4.94. The normalized spacial score (nSPS) is 18.4. The molecule has 2 nitrogen and oxygen atoms in total. The molecule has 0 saturated heterocycles. The lowest BCUT2D eigenvalue weighted by atomic mass is 9.77. The molecule has 6 aromatic rings. The predicted molar refractivity (Wildman–Crippen MR) is 197 cm³/mol. The van der Waals surface area contributed by atoms with Gasteiger partial charge in [-0.15, -0.1) is 0 Å². The van der Waals surface area contributed by atoms with Gasteiger partial charge in [-0.05, 0) is 93.6 Å². The van der Waals surface area contributed by atoms with E-state index in [4.69, 9.17) is 0 Å². The lowest BCUT2D eigenvalue weighted by molar-refractivity contribution is 0.639. The number of fused-ring (bicyclic) bond motifs is 6. The molecule has 6 aromatic carbocycles. The van der Waals surface area contributed by atoms with Crippen molar-refractivity contribution in [2.24, 2.45) is 0 Å². The molecule has 0 bridgehead atoms. The number of benzene rings is 6. The minimum absolute atomic E-state index is 0.145. The Hall–Kier alpha value is -5.60. The van der Waals surface area contributed by atoms with Crippen molar-refractivity contribution in [3.8, 4) is 11.1 Å². The van der Waals surface area contributed by atoms with Crippen LogP contribution in [0.1, 0.15) is 36.5 Å². The Kier molecular flexibility index (Phi) is 6.33. The van der Waals surface area contributed by atoms with E-state index in [0.717, 1.165) is 11.4 Å². The smallest absolute Gasteiger partial charge is 0.0632 e. The number of anilines is 5. The van der Waals surface area contributed by atoms with Crippen molar-refractivity contribution in [2.75, 3.05) is 9.80 Å². The van der Waals surface area contributed by atoms with E-state index >= 15 is 0 Å². The fourth-order valence-electron chi connectivity index (χ4n) is 8.12. The SMILES string of the molecule is CC1(C)C2=CC3C(C=C2c2ccc(N(c4ccccc4)c4ccccc4)cc21)c1ccccc1N3c1cccc(-c2ccccc2)c1. The van der Waals surface area contributed by atoms with Gasteiger partial charge in [-0.1, -0.05) is 129 Å². The summed E-state index contributed by atoms with van der Waals surface area (Å²) in [6.45, 7) is 4.81. The number of hydrogen-bond donors (Lipinski definition) is 0. The molecule has 2 heteroatoms. The molecule has 0 radical (unpaired) electrons. The third-order valence-electron chi connectivity index (χ3n) is 10.4. The summed E-state index contributed by atoms with van der Waals surface area (Å²) in [6, 6.07) is 57.4.